The SMILES string of the molecule is CNC(=O)C(C)Nc1cc(Cl)c(F)cc1N. The number of nitrogens with one attached hydrogen (secondary N) is 2. The summed E-state index contributed by atoms with van der Waals surface area (Å²) in [5.41, 5.74) is 6.23. The van der Waals surface area contributed by atoms with Crippen molar-refractivity contribution < 1.29 is 9.18 Å². The topological polar surface area (TPSA) is 67.2 Å². The molecule has 0 aliphatic heterocycles. The smallest absolute Gasteiger partial charge is 0.241 e. The van der Waals surface area contributed by atoms with Crippen molar-refractivity contribution in [1.82, 2.24) is 5.32 Å². The van der Waals surface area contributed by atoms with Crippen LogP contribution in [0, 0.1) is 5.82 Å². The summed E-state index contributed by atoms with van der Waals surface area (Å²) in [7, 11) is 1.53. The van der Waals surface area contributed by atoms with E-state index >= 15 is 0 Å². The van der Waals surface area contributed by atoms with E-state index in [-0.39, 0.29) is 16.6 Å². The maximum absolute atomic E-state index is 13.0. The first-order chi connectivity index (χ1) is 7.45. The van der Waals surface area contributed by atoms with Crippen molar-refractivity contribution in [1.29, 1.82) is 0 Å². The van der Waals surface area contributed by atoms with Crippen LogP contribution in [0.25, 0.3) is 0 Å². The fourth-order valence-electron chi connectivity index (χ4n) is 1.20. The maximum Gasteiger partial charge on any atom is 0.241 e. The highest BCUT2D eigenvalue weighted by molar-refractivity contribution is 6.31. The molecule has 4 nitrogen and oxygen atoms in total. The van der Waals surface area contributed by atoms with Crippen molar-refractivity contribution in [3.05, 3.63) is 23.0 Å². The zero-order valence-corrected chi connectivity index (χ0v) is 9.73. The minimum Gasteiger partial charge on any atom is -0.397 e. The summed E-state index contributed by atoms with van der Waals surface area (Å²) < 4.78 is 13.0. The van der Waals surface area contributed by atoms with Gasteiger partial charge in [-0.3, -0.25) is 4.79 Å². The van der Waals surface area contributed by atoms with E-state index in [1.54, 1.807) is 6.92 Å². The predicted molar refractivity (Wildman–Crippen MR) is 63.0 cm³/mol. The molecule has 0 aromatic heterocycles. The lowest BCUT2D eigenvalue weighted by atomic mass is 10.2. The van der Waals surface area contributed by atoms with Gasteiger partial charge in [-0.1, -0.05) is 11.6 Å². The van der Waals surface area contributed by atoms with E-state index in [4.69, 9.17) is 17.3 Å². The molecule has 0 bridgehead atoms. The molecule has 0 saturated carbocycles. The van der Waals surface area contributed by atoms with Crippen LogP contribution in [0.15, 0.2) is 12.1 Å². The number of amides is 1. The summed E-state index contributed by atoms with van der Waals surface area (Å²) in [6.07, 6.45) is 0. The summed E-state index contributed by atoms with van der Waals surface area (Å²) in [6.45, 7) is 1.66. The molecule has 0 fully saturated rings. The molecule has 1 unspecified atom stereocenters. The normalized spacial score (nSPS) is 12.0. The molecule has 4 N–H and O–H groups in total. The lowest BCUT2D eigenvalue weighted by molar-refractivity contribution is -0.121. The largest absolute Gasteiger partial charge is 0.397 e. The number of halogens is 2. The molecule has 88 valence electrons. The number of carbonyl (C=O) groups is 1. The van der Waals surface area contributed by atoms with Crippen molar-refractivity contribution in [2.24, 2.45) is 0 Å². The van der Waals surface area contributed by atoms with Crippen LogP contribution in [0.3, 0.4) is 0 Å². The molecular formula is C10H13ClFN3O. The van der Waals surface area contributed by atoms with Gasteiger partial charge in [0.05, 0.1) is 16.4 Å². The lowest BCUT2D eigenvalue weighted by Gasteiger charge is -2.15. The van der Waals surface area contributed by atoms with Crippen molar-refractivity contribution in [3.8, 4) is 0 Å². The second-order valence-corrected chi connectivity index (χ2v) is 3.74. The van der Waals surface area contributed by atoms with Gasteiger partial charge in [0.25, 0.3) is 0 Å². The van der Waals surface area contributed by atoms with E-state index in [9.17, 15) is 9.18 Å². The molecule has 0 spiro atoms. The first-order valence-electron chi connectivity index (χ1n) is 4.68. The van der Waals surface area contributed by atoms with Crippen LogP contribution in [0.2, 0.25) is 5.02 Å². The van der Waals surface area contributed by atoms with E-state index in [0.29, 0.717) is 5.69 Å². The minimum absolute atomic E-state index is 0.0409. The van der Waals surface area contributed by atoms with Crippen molar-refractivity contribution >= 4 is 28.9 Å². The van der Waals surface area contributed by atoms with Gasteiger partial charge in [0, 0.05) is 13.1 Å². The number of hydrogen-bond donors (Lipinski definition) is 3. The third-order valence-electron chi connectivity index (χ3n) is 2.10. The summed E-state index contributed by atoms with van der Waals surface area (Å²) in [4.78, 5) is 11.3. The molecule has 16 heavy (non-hydrogen) atoms. The quantitative estimate of drug-likeness (QED) is 0.709. The van der Waals surface area contributed by atoms with Gasteiger partial charge in [-0.25, -0.2) is 4.39 Å². The Bertz CT molecular complexity index is 411. The standard InChI is InChI=1S/C10H13ClFN3O/c1-5(10(16)14-2)15-9-3-6(11)7(12)4-8(9)13/h3-5,15H,13H2,1-2H3,(H,14,16). The Hall–Kier alpha value is -1.49. The Morgan fingerprint density at radius 1 is 1.56 bits per heavy atom. The summed E-state index contributed by atoms with van der Waals surface area (Å²) in [5.74, 6) is -0.780. The van der Waals surface area contributed by atoms with Crippen LogP contribution in [-0.2, 0) is 4.79 Å². The molecule has 6 heteroatoms. The van der Waals surface area contributed by atoms with Crippen LogP contribution in [-0.4, -0.2) is 19.0 Å². The molecule has 0 radical (unpaired) electrons. The van der Waals surface area contributed by atoms with Gasteiger partial charge in [0.1, 0.15) is 11.9 Å². The van der Waals surface area contributed by atoms with Crippen molar-refractivity contribution in [2.45, 2.75) is 13.0 Å². The van der Waals surface area contributed by atoms with Gasteiger partial charge in [0.15, 0.2) is 0 Å². The molecule has 1 aromatic carbocycles. The van der Waals surface area contributed by atoms with Gasteiger partial charge < -0.3 is 16.4 Å². The number of benzene rings is 1. The second-order valence-electron chi connectivity index (χ2n) is 3.33. The number of hydrogen-bond acceptors (Lipinski definition) is 3. The average Bonchev–Trinajstić information content (AvgIpc) is 2.24. The van der Waals surface area contributed by atoms with E-state index in [1.807, 2.05) is 0 Å². The molecular weight excluding hydrogens is 233 g/mol. The highest BCUT2D eigenvalue weighted by atomic mass is 35.5. The number of anilines is 2. The van der Waals surface area contributed by atoms with Crippen LogP contribution < -0.4 is 16.4 Å². The molecule has 1 aromatic rings. The lowest BCUT2D eigenvalue weighted by Crippen LogP contribution is -2.35. The first kappa shape index (κ1) is 12.6. The van der Waals surface area contributed by atoms with Crippen molar-refractivity contribution in [3.63, 3.8) is 0 Å². The summed E-state index contributed by atoms with van der Waals surface area (Å²) in [5, 5.41) is 5.28. The molecule has 1 amide bonds. The Morgan fingerprint density at radius 2 is 2.19 bits per heavy atom. The van der Waals surface area contributed by atoms with Crippen LogP contribution >= 0.6 is 11.6 Å². The molecule has 0 aliphatic carbocycles. The van der Waals surface area contributed by atoms with Crippen LogP contribution in [0.4, 0.5) is 15.8 Å². The predicted octanol–water partition coefficient (Wildman–Crippen LogP) is 1.61. The molecule has 0 aliphatic rings. The minimum atomic E-state index is -0.586. The fraction of sp³-hybridized carbons (Fsp3) is 0.300. The summed E-state index contributed by atoms with van der Waals surface area (Å²) in [6, 6.07) is 1.99. The van der Waals surface area contributed by atoms with Gasteiger partial charge in [0.2, 0.25) is 5.91 Å². The number of carbonyl (C=O) groups excluding carboxylic acids is 1. The number of rotatable bonds is 3. The zero-order valence-electron chi connectivity index (χ0n) is 8.97. The molecule has 1 rings (SSSR count). The first-order valence-corrected chi connectivity index (χ1v) is 5.06. The van der Waals surface area contributed by atoms with E-state index in [0.717, 1.165) is 6.07 Å². The number of nitrogen functional groups attached to an aromatic ring is 1. The van der Waals surface area contributed by atoms with E-state index in [1.165, 1.54) is 13.1 Å². The van der Waals surface area contributed by atoms with Crippen LogP contribution in [0.5, 0.6) is 0 Å². The van der Waals surface area contributed by atoms with Gasteiger partial charge in [-0.05, 0) is 13.0 Å². The van der Waals surface area contributed by atoms with Gasteiger partial charge >= 0.3 is 0 Å². The summed E-state index contributed by atoms with van der Waals surface area (Å²) >= 11 is 5.61. The van der Waals surface area contributed by atoms with E-state index < -0.39 is 11.9 Å². The highest BCUT2D eigenvalue weighted by Crippen LogP contribution is 2.26. The molecule has 0 saturated heterocycles. The van der Waals surface area contributed by atoms with Crippen LogP contribution in [0.1, 0.15) is 6.92 Å². The maximum atomic E-state index is 13.0. The number of nitrogens with two attached hydrogens (primary N) is 1. The van der Waals surface area contributed by atoms with Gasteiger partial charge in [-0.2, -0.15) is 0 Å². The van der Waals surface area contributed by atoms with E-state index in [2.05, 4.69) is 10.6 Å². The fourth-order valence-corrected chi connectivity index (χ4v) is 1.37. The third-order valence-corrected chi connectivity index (χ3v) is 2.39. The Kier molecular flexibility index (Phi) is 3.95. The average molecular weight is 246 g/mol. The monoisotopic (exact) mass is 245 g/mol. The molecule has 1 atom stereocenters. The van der Waals surface area contributed by atoms with Crippen molar-refractivity contribution in [2.75, 3.05) is 18.1 Å². The highest BCUT2D eigenvalue weighted by Gasteiger charge is 2.13. The third kappa shape index (κ3) is 2.76. The zero-order chi connectivity index (χ0) is 12.3. The Morgan fingerprint density at radius 3 is 2.75 bits per heavy atom. The second kappa shape index (κ2) is 5.03. The van der Waals surface area contributed by atoms with Gasteiger partial charge in [-0.15, -0.1) is 0 Å². The number of likely N-dealkylation sites (N-methyl/N-ethyl adjacent to an activating group) is 1. The molecule has 0 heterocycles. The Labute approximate surface area is 98.0 Å². The Balaban J connectivity index is 2.89.